The maximum Gasteiger partial charge on any atom is 0.323 e. The fourth-order valence-electron chi connectivity index (χ4n) is 4.56. The number of nitrogens with one attached hydrogen (secondary N) is 2. The van der Waals surface area contributed by atoms with E-state index in [1.54, 1.807) is 60.7 Å². The quantitative estimate of drug-likeness (QED) is 0.151. The van der Waals surface area contributed by atoms with E-state index in [1.807, 2.05) is 0 Å². The molecule has 2 amide bonds. The van der Waals surface area contributed by atoms with Crippen molar-refractivity contribution in [2.75, 3.05) is 10.6 Å². The first-order valence-corrected chi connectivity index (χ1v) is 13.2. The Labute approximate surface area is 248 Å². The monoisotopic (exact) mass is 592 g/mol. The predicted octanol–water partition coefficient (Wildman–Crippen LogP) is 8.14. The summed E-state index contributed by atoms with van der Waals surface area (Å²) in [6.45, 7) is 0. The Morgan fingerprint density at radius 1 is 0.432 bits per heavy atom. The molecule has 6 rings (SSSR count). The van der Waals surface area contributed by atoms with Crippen LogP contribution in [-0.4, -0.2) is 26.0 Å². The molecule has 44 heavy (non-hydrogen) atoms. The van der Waals surface area contributed by atoms with Crippen molar-refractivity contribution in [1.29, 1.82) is 0 Å². The van der Waals surface area contributed by atoms with E-state index in [2.05, 4.69) is 30.6 Å². The van der Waals surface area contributed by atoms with E-state index < -0.39 is 29.8 Å². The predicted molar refractivity (Wildman–Crippen MR) is 158 cm³/mol. The minimum atomic E-state index is -0.694. The van der Waals surface area contributed by atoms with Crippen molar-refractivity contribution in [3.8, 4) is 45.0 Å². The number of carbonyl (C=O) groups is 1. The van der Waals surface area contributed by atoms with E-state index in [0.717, 1.165) is 0 Å². The normalized spacial score (nSPS) is 10.8. The zero-order valence-electron chi connectivity index (χ0n) is 22.6. The molecule has 0 aliphatic rings. The van der Waals surface area contributed by atoms with Gasteiger partial charge in [-0.1, -0.05) is 24.3 Å². The van der Waals surface area contributed by atoms with Gasteiger partial charge in [0.2, 0.25) is 23.8 Å². The second-order valence-electron chi connectivity index (χ2n) is 9.56. The number of amides is 2. The molecule has 0 aliphatic carbocycles. The van der Waals surface area contributed by atoms with Crippen LogP contribution in [0.15, 0.2) is 109 Å². The Morgan fingerprint density at radius 2 is 0.705 bits per heavy atom. The number of aromatic nitrogens is 4. The third-order valence-electron chi connectivity index (χ3n) is 6.43. The highest BCUT2D eigenvalue weighted by atomic mass is 19.1. The lowest BCUT2D eigenvalue weighted by Gasteiger charge is -2.14. The molecule has 4 heterocycles. The van der Waals surface area contributed by atoms with E-state index in [9.17, 15) is 22.4 Å². The summed E-state index contributed by atoms with van der Waals surface area (Å²) in [7, 11) is 0. The summed E-state index contributed by atoms with van der Waals surface area (Å²) in [6, 6.07) is 26.1. The first kappa shape index (κ1) is 28.2. The molecule has 216 valence electrons. The number of hydrogen-bond acceptors (Lipinski definition) is 5. The van der Waals surface area contributed by atoms with E-state index in [4.69, 9.17) is 0 Å². The highest BCUT2D eigenvalue weighted by Gasteiger charge is 2.14. The van der Waals surface area contributed by atoms with Crippen molar-refractivity contribution < 1.29 is 22.4 Å². The number of carbonyl (C=O) groups excluding carboxylic acids is 1. The summed E-state index contributed by atoms with van der Waals surface area (Å²) in [5.41, 5.74) is 3.49. The fraction of sp³-hybridized carbons (Fsp3) is 0. The summed E-state index contributed by atoms with van der Waals surface area (Å²) in [6.07, 6.45) is 0. The number of rotatable bonds is 6. The van der Waals surface area contributed by atoms with Gasteiger partial charge in [-0.2, -0.15) is 17.6 Å². The van der Waals surface area contributed by atoms with Crippen LogP contribution in [0, 0.1) is 23.8 Å². The highest BCUT2D eigenvalue weighted by Crippen LogP contribution is 2.31. The Balaban J connectivity index is 1.35. The second kappa shape index (κ2) is 12.1. The Kier molecular flexibility index (Phi) is 7.75. The zero-order valence-corrected chi connectivity index (χ0v) is 22.6. The summed E-state index contributed by atoms with van der Waals surface area (Å²) < 4.78 is 55.7. The zero-order chi connectivity index (χ0) is 30.6. The molecule has 0 aliphatic heterocycles. The van der Waals surface area contributed by atoms with Gasteiger partial charge in [0.05, 0.1) is 22.8 Å². The molecule has 0 atom stereocenters. The average molecular weight is 593 g/mol. The first-order chi connectivity index (χ1) is 21.3. The van der Waals surface area contributed by atoms with E-state index in [0.29, 0.717) is 22.3 Å². The van der Waals surface area contributed by atoms with Crippen LogP contribution in [0.4, 0.5) is 33.7 Å². The van der Waals surface area contributed by atoms with Crippen LogP contribution in [0.5, 0.6) is 0 Å². The second-order valence-corrected chi connectivity index (χ2v) is 9.56. The molecule has 0 saturated carbocycles. The molecule has 0 radical (unpaired) electrons. The van der Waals surface area contributed by atoms with Crippen LogP contribution in [-0.2, 0) is 0 Å². The maximum atomic E-state index is 13.9. The van der Waals surface area contributed by atoms with Crippen LogP contribution >= 0.6 is 0 Å². The fourth-order valence-corrected chi connectivity index (χ4v) is 4.56. The number of nitrogens with zero attached hydrogens (tertiary/aromatic N) is 4. The molecular weight excluding hydrogens is 572 g/mol. The minimum Gasteiger partial charge on any atom is -0.308 e. The van der Waals surface area contributed by atoms with Gasteiger partial charge in [-0.3, -0.25) is 0 Å². The molecule has 0 spiro atoms. The highest BCUT2D eigenvalue weighted by molar-refractivity contribution is 6.01. The van der Waals surface area contributed by atoms with Gasteiger partial charge in [-0.05, 0) is 84.9 Å². The van der Waals surface area contributed by atoms with Crippen molar-refractivity contribution in [3.63, 3.8) is 0 Å². The van der Waals surface area contributed by atoms with Gasteiger partial charge in [0.15, 0.2) is 0 Å². The smallest absolute Gasteiger partial charge is 0.308 e. The van der Waals surface area contributed by atoms with E-state index in [1.165, 1.54) is 48.5 Å². The number of anilines is 2. The van der Waals surface area contributed by atoms with Crippen molar-refractivity contribution in [1.82, 2.24) is 19.9 Å². The van der Waals surface area contributed by atoms with Gasteiger partial charge in [0.25, 0.3) is 0 Å². The van der Waals surface area contributed by atoms with Gasteiger partial charge in [-0.15, -0.1) is 0 Å². The number of pyridine rings is 4. The van der Waals surface area contributed by atoms with Crippen LogP contribution in [0.25, 0.3) is 45.0 Å². The van der Waals surface area contributed by atoms with E-state index in [-0.39, 0.29) is 34.2 Å². The summed E-state index contributed by atoms with van der Waals surface area (Å²) in [4.78, 5) is 28.9. The minimum absolute atomic E-state index is 0.280. The maximum absolute atomic E-state index is 13.9. The molecule has 7 nitrogen and oxygen atoms in total. The molecular formula is C33H20F4N6O. The molecule has 2 N–H and O–H groups in total. The van der Waals surface area contributed by atoms with Crippen LogP contribution in [0.3, 0.4) is 0 Å². The lowest BCUT2D eigenvalue weighted by atomic mass is 10.0. The molecule has 0 fully saturated rings. The topological polar surface area (TPSA) is 92.7 Å². The van der Waals surface area contributed by atoms with Gasteiger partial charge in [0.1, 0.15) is 0 Å². The number of urea groups is 1. The molecule has 0 saturated heterocycles. The van der Waals surface area contributed by atoms with Gasteiger partial charge in [0, 0.05) is 33.6 Å². The molecule has 2 aromatic carbocycles. The Bertz CT molecular complexity index is 1750. The lowest BCUT2D eigenvalue weighted by molar-refractivity contribution is 0.262. The summed E-state index contributed by atoms with van der Waals surface area (Å²) in [5.74, 6) is -2.78. The molecule has 0 bridgehead atoms. The SMILES string of the molecule is O=C(Nc1cc(-c2cccc(F)n2)cc(-c2cccc(F)n2)c1)Nc1cc(-c2cccc(F)n2)cc(-c2cccc(F)n2)c1. The third kappa shape index (κ3) is 6.57. The van der Waals surface area contributed by atoms with Crippen LogP contribution in [0.1, 0.15) is 0 Å². The van der Waals surface area contributed by atoms with Gasteiger partial charge < -0.3 is 10.6 Å². The van der Waals surface area contributed by atoms with Crippen molar-refractivity contribution in [2.24, 2.45) is 0 Å². The average Bonchev–Trinajstić information content (AvgIpc) is 3.01. The third-order valence-corrected chi connectivity index (χ3v) is 6.43. The Morgan fingerprint density at radius 3 is 0.955 bits per heavy atom. The van der Waals surface area contributed by atoms with Gasteiger partial charge in [-0.25, -0.2) is 24.7 Å². The molecule has 0 unspecified atom stereocenters. The number of halogens is 4. The van der Waals surface area contributed by atoms with Crippen molar-refractivity contribution in [2.45, 2.75) is 0 Å². The van der Waals surface area contributed by atoms with Crippen LogP contribution in [0.2, 0.25) is 0 Å². The van der Waals surface area contributed by atoms with E-state index >= 15 is 0 Å². The summed E-state index contributed by atoms with van der Waals surface area (Å²) >= 11 is 0. The first-order valence-electron chi connectivity index (χ1n) is 13.2. The summed E-state index contributed by atoms with van der Waals surface area (Å²) in [5, 5.41) is 5.46. The molecule has 6 aromatic rings. The lowest BCUT2D eigenvalue weighted by Crippen LogP contribution is -2.19. The Hall–Kier alpha value is -5.97. The largest absolute Gasteiger partial charge is 0.323 e. The van der Waals surface area contributed by atoms with Crippen molar-refractivity contribution in [3.05, 3.63) is 133 Å². The van der Waals surface area contributed by atoms with Gasteiger partial charge >= 0.3 is 6.03 Å². The van der Waals surface area contributed by atoms with Crippen LogP contribution < -0.4 is 10.6 Å². The standard InChI is InChI=1S/C33H20F4N6O/c34-29-9-1-5-25(40-29)19-13-20(26-6-2-10-30(35)41-26)16-23(15-19)38-33(44)39-24-17-21(27-7-3-11-31(36)42-27)14-22(18-24)28-8-4-12-32(37)43-28/h1-18H,(H2,38,39,44). The van der Waals surface area contributed by atoms with Crippen molar-refractivity contribution >= 4 is 17.4 Å². The molecule has 4 aromatic heterocycles. The number of benzene rings is 2. The molecule has 11 heteroatoms. The number of hydrogen-bond donors (Lipinski definition) is 2.